The summed E-state index contributed by atoms with van der Waals surface area (Å²) in [5.74, 6) is -0.670. The number of nitrogens with zero attached hydrogens (tertiary/aromatic N) is 2. The SMILES string of the molecule is O=C(CCn1c(=O)[nH]c(=O)c2ccccc21)N1CCc2cccc(F)c21. The number of hydrogen-bond acceptors (Lipinski definition) is 3. The first-order valence-electron chi connectivity index (χ1n) is 8.36. The Bertz CT molecular complexity index is 1130. The van der Waals surface area contributed by atoms with Crippen molar-refractivity contribution in [2.24, 2.45) is 0 Å². The standard InChI is InChI=1S/C19H16FN3O3/c20-14-6-3-4-12-8-10-23(17(12)14)16(24)9-11-22-15-7-2-1-5-13(15)18(25)21-19(22)26/h1-7H,8-11H2,(H,21,25,26). The van der Waals surface area contributed by atoms with Crippen LogP contribution in [0.4, 0.5) is 10.1 Å². The summed E-state index contributed by atoms with van der Waals surface area (Å²) in [6.07, 6.45) is 0.643. The summed E-state index contributed by atoms with van der Waals surface area (Å²) in [5, 5.41) is 0.386. The number of aromatic nitrogens is 2. The van der Waals surface area contributed by atoms with Crippen molar-refractivity contribution in [1.82, 2.24) is 9.55 Å². The molecule has 0 bridgehead atoms. The fourth-order valence-electron chi connectivity index (χ4n) is 3.46. The number of hydrogen-bond donors (Lipinski definition) is 1. The topological polar surface area (TPSA) is 75.2 Å². The van der Waals surface area contributed by atoms with Crippen molar-refractivity contribution in [3.8, 4) is 0 Å². The molecular weight excluding hydrogens is 337 g/mol. The average Bonchev–Trinajstić information content (AvgIpc) is 3.07. The Morgan fingerprint density at radius 1 is 1.12 bits per heavy atom. The van der Waals surface area contributed by atoms with Gasteiger partial charge in [-0.25, -0.2) is 9.18 Å². The van der Waals surface area contributed by atoms with Gasteiger partial charge in [0.25, 0.3) is 5.56 Å². The fourth-order valence-corrected chi connectivity index (χ4v) is 3.46. The number of fused-ring (bicyclic) bond motifs is 2. The maximum Gasteiger partial charge on any atom is 0.328 e. The van der Waals surface area contributed by atoms with Crippen molar-refractivity contribution in [2.45, 2.75) is 19.4 Å². The van der Waals surface area contributed by atoms with E-state index in [2.05, 4.69) is 4.98 Å². The fraction of sp³-hybridized carbons (Fsp3) is 0.211. The molecule has 1 N–H and O–H groups in total. The molecule has 26 heavy (non-hydrogen) atoms. The van der Waals surface area contributed by atoms with Crippen LogP contribution in [0, 0.1) is 5.82 Å². The number of rotatable bonds is 3. The number of carbonyl (C=O) groups is 1. The van der Waals surface area contributed by atoms with E-state index in [-0.39, 0.29) is 18.9 Å². The van der Waals surface area contributed by atoms with Gasteiger partial charge in [-0.1, -0.05) is 24.3 Å². The summed E-state index contributed by atoms with van der Waals surface area (Å²) in [7, 11) is 0. The van der Waals surface area contributed by atoms with Crippen LogP contribution in [0.25, 0.3) is 10.9 Å². The van der Waals surface area contributed by atoms with E-state index in [4.69, 9.17) is 0 Å². The highest BCUT2D eigenvalue weighted by Crippen LogP contribution is 2.31. The molecule has 2 heterocycles. The van der Waals surface area contributed by atoms with Crippen LogP contribution in [-0.2, 0) is 17.8 Å². The van der Waals surface area contributed by atoms with Gasteiger partial charge in [-0.2, -0.15) is 0 Å². The van der Waals surface area contributed by atoms with E-state index in [1.54, 1.807) is 30.3 Å². The molecule has 6 nitrogen and oxygen atoms in total. The molecule has 0 fully saturated rings. The smallest absolute Gasteiger partial charge is 0.309 e. The van der Waals surface area contributed by atoms with Crippen molar-refractivity contribution in [3.63, 3.8) is 0 Å². The Morgan fingerprint density at radius 2 is 1.92 bits per heavy atom. The second-order valence-electron chi connectivity index (χ2n) is 6.22. The highest BCUT2D eigenvalue weighted by atomic mass is 19.1. The third-order valence-electron chi connectivity index (χ3n) is 4.70. The van der Waals surface area contributed by atoms with E-state index >= 15 is 0 Å². The van der Waals surface area contributed by atoms with E-state index in [0.29, 0.717) is 29.6 Å². The van der Waals surface area contributed by atoms with Crippen LogP contribution in [-0.4, -0.2) is 22.0 Å². The minimum Gasteiger partial charge on any atom is -0.309 e. The summed E-state index contributed by atoms with van der Waals surface area (Å²) < 4.78 is 15.5. The van der Waals surface area contributed by atoms with Crippen LogP contribution in [0.1, 0.15) is 12.0 Å². The van der Waals surface area contributed by atoms with Crippen LogP contribution in [0.2, 0.25) is 0 Å². The number of amides is 1. The molecule has 0 saturated heterocycles. The second kappa shape index (κ2) is 6.25. The van der Waals surface area contributed by atoms with Gasteiger partial charge in [-0.3, -0.25) is 19.1 Å². The third-order valence-corrected chi connectivity index (χ3v) is 4.70. The Morgan fingerprint density at radius 3 is 2.77 bits per heavy atom. The lowest BCUT2D eigenvalue weighted by atomic mass is 10.1. The summed E-state index contributed by atoms with van der Waals surface area (Å²) in [6, 6.07) is 11.5. The first-order chi connectivity index (χ1) is 12.6. The molecule has 1 aromatic heterocycles. The molecule has 7 heteroatoms. The van der Waals surface area contributed by atoms with Gasteiger partial charge in [-0.15, -0.1) is 0 Å². The van der Waals surface area contributed by atoms with Gasteiger partial charge in [0.2, 0.25) is 5.91 Å². The largest absolute Gasteiger partial charge is 0.328 e. The minimum atomic E-state index is -0.561. The molecule has 0 atom stereocenters. The predicted octanol–water partition coefficient (Wildman–Crippen LogP) is 1.81. The van der Waals surface area contributed by atoms with Crippen LogP contribution in [0.3, 0.4) is 0 Å². The number of nitrogens with one attached hydrogen (secondary N) is 1. The number of aromatic amines is 1. The summed E-state index contributed by atoms with van der Waals surface area (Å²) in [4.78, 5) is 40.4. The number of halogens is 1. The van der Waals surface area contributed by atoms with Gasteiger partial charge < -0.3 is 4.90 Å². The van der Waals surface area contributed by atoms with Crippen LogP contribution < -0.4 is 16.1 Å². The van der Waals surface area contributed by atoms with E-state index in [9.17, 15) is 18.8 Å². The van der Waals surface area contributed by atoms with Crippen molar-refractivity contribution in [3.05, 3.63) is 74.7 Å². The van der Waals surface area contributed by atoms with Gasteiger partial charge in [0.1, 0.15) is 5.82 Å². The highest BCUT2D eigenvalue weighted by molar-refractivity contribution is 5.95. The average molecular weight is 353 g/mol. The van der Waals surface area contributed by atoms with Gasteiger partial charge >= 0.3 is 5.69 Å². The molecule has 0 saturated carbocycles. The number of carbonyl (C=O) groups excluding carboxylic acids is 1. The first kappa shape index (κ1) is 16.3. The zero-order chi connectivity index (χ0) is 18.3. The van der Waals surface area contributed by atoms with Gasteiger partial charge in [0.05, 0.1) is 16.6 Å². The van der Waals surface area contributed by atoms with Crippen molar-refractivity contribution < 1.29 is 9.18 Å². The quantitative estimate of drug-likeness (QED) is 0.780. The normalized spacial score (nSPS) is 13.2. The molecule has 4 rings (SSSR count). The molecule has 1 aliphatic heterocycles. The van der Waals surface area contributed by atoms with Gasteiger partial charge in [0.15, 0.2) is 0 Å². The molecule has 132 valence electrons. The van der Waals surface area contributed by atoms with Crippen molar-refractivity contribution >= 4 is 22.5 Å². The summed E-state index contributed by atoms with van der Waals surface area (Å²) in [6.45, 7) is 0.533. The monoisotopic (exact) mass is 353 g/mol. The van der Waals surface area contributed by atoms with E-state index < -0.39 is 17.1 Å². The summed E-state index contributed by atoms with van der Waals surface area (Å²) in [5.41, 5.74) is 0.599. The second-order valence-corrected chi connectivity index (χ2v) is 6.22. The lowest BCUT2D eigenvalue weighted by molar-refractivity contribution is -0.118. The minimum absolute atomic E-state index is 0.0315. The third kappa shape index (κ3) is 2.61. The Kier molecular flexibility index (Phi) is 3.91. The number of aryl methyl sites for hydroxylation is 1. The molecule has 0 spiro atoms. The van der Waals surface area contributed by atoms with Gasteiger partial charge in [0, 0.05) is 19.5 Å². The first-order valence-corrected chi connectivity index (χ1v) is 8.36. The predicted molar refractivity (Wildman–Crippen MR) is 95.9 cm³/mol. The number of benzene rings is 2. The maximum atomic E-state index is 14.1. The molecular formula is C19H16FN3O3. The molecule has 0 aliphatic carbocycles. The molecule has 0 unspecified atom stereocenters. The number of H-pyrrole nitrogens is 1. The zero-order valence-corrected chi connectivity index (χ0v) is 13.9. The summed E-state index contributed by atoms with van der Waals surface area (Å²) >= 11 is 0. The van der Waals surface area contributed by atoms with Crippen LogP contribution in [0.15, 0.2) is 52.1 Å². The van der Waals surface area contributed by atoms with Crippen LogP contribution >= 0.6 is 0 Å². The molecule has 1 aliphatic rings. The van der Waals surface area contributed by atoms with Crippen molar-refractivity contribution in [2.75, 3.05) is 11.4 Å². The number of anilines is 1. The van der Waals surface area contributed by atoms with Crippen molar-refractivity contribution in [1.29, 1.82) is 0 Å². The zero-order valence-electron chi connectivity index (χ0n) is 13.9. The molecule has 0 radical (unpaired) electrons. The lowest BCUT2D eigenvalue weighted by Gasteiger charge is -2.18. The lowest BCUT2D eigenvalue weighted by Crippen LogP contribution is -2.34. The maximum absolute atomic E-state index is 14.1. The molecule has 1 amide bonds. The Hall–Kier alpha value is -3.22. The highest BCUT2D eigenvalue weighted by Gasteiger charge is 2.27. The van der Waals surface area contributed by atoms with Gasteiger partial charge in [-0.05, 0) is 30.2 Å². The Balaban J connectivity index is 1.62. The van der Waals surface area contributed by atoms with Crippen LogP contribution in [0.5, 0.6) is 0 Å². The Labute approximate surface area is 147 Å². The van der Waals surface area contributed by atoms with E-state index in [1.165, 1.54) is 15.5 Å². The molecule has 2 aromatic carbocycles. The molecule has 3 aromatic rings. The van der Waals surface area contributed by atoms with E-state index in [1.807, 2.05) is 6.07 Å². The van der Waals surface area contributed by atoms with E-state index in [0.717, 1.165) is 5.56 Å². The number of para-hydroxylation sites is 2.